The summed E-state index contributed by atoms with van der Waals surface area (Å²) in [6.45, 7) is 0. The maximum atomic E-state index is 6.27. The molecule has 2 aliphatic carbocycles. The van der Waals surface area contributed by atoms with Crippen molar-refractivity contribution in [2.45, 2.75) is 18.6 Å². The van der Waals surface area contributed by atoms with E-state index in [2.05, 4.69) is 64.5 Å². The molecule has 0 amide bonds. The summed E-state index contributed by atoms with van der Waals surface area (Å²) in [4.78, 5) is 16.5. The highest BCUT2D eigenvalue weighted by molar-refractivity contribution is 5.86. The summed E-state index contributed by atoms with van der Waals surface area (Å²) < 4.78 is 18.5. The van der Waals surface area contributed by atoms with Crippen LogP contribution in [0.3, 0.4) is 0 Å². The number of para-hydroxylation sites is 2. The minimum absolute atomic E-state index is 0.00977. The smallest absolute Gasteiger partial charge is 0.227 e. The Balaban J connectivity index is 1.07. The molecule has 0 saturated carbocycles. The SMILES string of the molecule is C1=CC2N=C(C3C=CC(N(c4ccc(-c5nc6ccccc6o5)cc4)c4ccc5nc(-c6ccccc6)oc5c4)=CC3)OC2C=C1. The third-order valence-corrected chi connectivity index (χ3v) is 8.56. The molecule has 0 N–H and O–H groups in total. The molecule has 0 bridgehead atoms. The summed E-state index contributed by atoms with van der Waals surface area (Å²) in [5.74, 6) is 2.08. The molecule has 3 aliphatic rings. The van der Waals surface area contributed by atoms with Crippen LogP contribution in [-0.4, -0.2) is 28.0 Å². The summed E-state index contributed by atoms with van der Waals surface area (Å²) >= 11 is 0. The molecule has 0 saturated heterocycles. The van der Waals surface area contributed by atoms with E-state index in [-0.39, 0.29) is 18.1 Å². The first-order valence-electron chi connectivity index (χ1n) is 15.4. The first-order chi connectivity index (χ1) is 22.7. The first-order valence-corrected chi connectivity index (χ1v) is 15.4. The Kier molecular flexibility index (Phi) is 6.26. The molecule has 222 valence electrons. The van der Waals surface area contributed by atoms with Gasteiger partial charge >= 0.3 is 0 Å². The van der Waals surface area contributed by atoms with Gasteiger partial charge in [0, 0.05) is 34.3 Å². The first kappa shape index (κ1) is 26.5. The molecule has 3 unspecified atom stereocenters. The maximum absolute atomic E-state index is 6.27. The number of hydrogen-bond donors (Lipinski definition) is 0. The lowest BCUT2D eigenvalue weighted by Gasteiger charge is -2.29. The second-order valence-corrected chi connectivity index (χ2v) is 11.5. The van der Waals surface area contributed by atoms with Gasteiger partial charge in [0.25, 0.3) is 0 Å². The number of oxazole rings is 2. The molecule has 0 radical (unpaired) electrons. The third-order valence-electron chi connectivity index (χ3n) is 8.56. The van der Waals surface area contributed by atoms with Gasteiger partial charge < -0.3 is 18.5 Å². The zero-order valence-electron chi connectivity index (χ0n) is 24.7. The predicted molar refractivity (Wildman–Crippen MR) is 181 cm³/mol. The Morgan fingerprint density at radius 2 is 1.37 bits per heavy atom. The molecule has 3 heterocycles. The fourth-order valence-electron chi connectivity index (χ4n) is 6.21. The van der Waals surface area contributed by atoms with Gasteiger partial charge in [-0.3, -0.25) is 0 Å². The molecule has 6 aromatic rings. The van der Waals surface area contributed by atoms with Gasteiger partial charge in [-0.05, 0) is 79.2 Å². The van der Waals surface area contributed by atoms with Crippen LogP contribution >= 0.6 is 0 Å². The van der Waals surface area contributed by atoms with E-state index in [1.54, 1.807) is 0 Å². The minimum Gasteiger partial charge on any atom is -0.470 e. The second-order valence-electron chi connectivity index (χ2n) is 11.5. The lowest BCUT2D eigenvalue weighted by Crippen LogP contribution is -2.22. The van der Waals surface area contributed by atoms with E-state index >= 15 is 0 Å². The van der Waals surface area contributed by atoms with Gasteiger partial charge in [0.15, 0.2) is 17.1 Å². The number of ether oxygens (including phenoxy) is 1. The van der Waals surface area contributed by atoms with Crippen molar-refractivity contribution >= 4 is 39.5 Å². The number of fused-ring (bicyclic) bond motifs is 3. The number of hydrogen-bond acceptors (Lipinski definition) is 7. The quantitative estimate of drug-likeness (QED) is 0.190. The van der Waals surface area contributed by atoms with Crippen LogP contribution in [0.15, 0.2) is 159 Å². The highest BCUT2D eigenvalue weighted by atomic mass is 16.5. The van der Waals surface area contributed by atoms with E-state index < -0.39 is 0 Å². The van der Waals surface area contributed by atoms with Crippen molar-refractivity contribution in [3.05, 3.63) is 145 Å². The topological polar surface area (TPSA) is 76.9 Å². The largest absolute Gasteiger partial charge is 0.470 e. The van der Waals surface area contributed by atoms with Crippen LogP contribution in [0.2, 0.25) is 0 Å². The average Bonchev–Trinajstić information content (AvgIpc) is 3.86. The van der Waals surface area contributed by atoms with Crippen LogP contribution in [0.5, 0.6) is 0 Å². The van der Waals surface area contributed by atoms with Gasteiger partial charge in [-0.1, -0.05) is 60.7 Å². The molecule has 4 aromatic carbocycles. The van der Waals surface area contributed by atoms with Gasteiger partial charge in [0.05, 0.1) is 5.92 Å². The van der Waals surface area contributed by atoms with Gasteiger partial charge in [-0.25, -0.2) is 15.0 Å². The van der Waals surface area contributed by atoms with E-state index in [1.807, 2.05) is 84.9 Å². The van der Waals surface area contributed by atoms with Crippen LogP contribution in [0.25, 0.3) is 45.1 Å². The van der Waals surface area contributed by atoms with E-state index in [0.29, 0.717) is 11.8 Å². The highest BCUT2D eigenvalue weighted by Crippen LogP contribution is 2.38. The Bertz CT molecular complexity index is 2200. The molecule has 7 heteroatoms. The van der Waals surface area contributed by atoms with E-state index in [1.165, 1.54) is 0 Å². The van der Waals surface area contributed by atoms with Crippen molar-refractivity contribution in [3.8, 4) is 22.9 Å². The van der Waals surface area contributed by atoms with Crippen LogP contribution in [0.4, 0.5) is 11.4 Å². The van der Waals surface area contributed by atoms with Gasteiger partial charge in [0.1, 0.15) is 23.2 Å². The second kappa shape index (κ2) is 10.9. The van der Waals surface area contributed by atoms with Crippen LogP contribution < -0.4 is 4.90 Å². The lowest BCUT2D eigenvalue weighted by molar-refractivity contribution is 0.243. The third kappa shape index (κ3) is 4.73. The van der Waals surface area contributed by atoms with Crippen molar-refractivity contribution in [2.75, 3.05) is 4.90 Å². The van der Waals surface area contributed by atoms with Crippen molar-refractivity contribution in [2.24, 2.45) is 10.9 Å². The fraction of sp³-hybridized carbons (Fsp3) is 0.103. The number of allylic oxidation sites excluding steroid dienone is 4. The minimum atomic E-state index is -0.00977. The molecule has 0 spiro atoms. The summed E-state index contributed by atoms with van der Waals surface area (Å²) in [5, 5.41) is 0. The van der Waals surface area contributed by atoms with Crippen LogP contribution in [0, 0.1) is 5.92 Å². The number of benzene rings is 4. The van der Waals surface area contributed by atoms with Gasteiger partial charge in [0.2, 0.25) is 11.8 Å². The summed E-state index contributed by atoms with van der Waals surface area (Å²) in [7, 11) is 0. The molecular weight excluding hydrogens is 572 g/mol. The molecular formula is C39H28N4O3. The average molecular weight is 601 g/mol. The van der Waals surface area contributed by atoms with Crippen LogP contribution in [-0.2, 0) is 4.74 Å². The molecule has 9 rings (SSSR count). The monoisotopic (exact) mass is 600 g/mol. The van der Waals surface area contributed by atoms with Crippen molar-refractivity contribution in [3.63, 3.8) is 0 Å². The molecule has 1 aliphatic heterocycles. The molecule has 46 heavy (non-hydrogen) atoms. The van der Waals surface area contributed by atoms with Crippen LogP contribution in [0.1, 0.15) is 6.42 Å². The van der Waals surface area contributed by atoms with E-state index in [0.717, 1.165) is 62.7 Å². The fourth-order valence-corrected chi connectivity index (χ4v) is 6.21. The van der Waals surface area contributed by atoms with Crippen molar-refractivity contribution in [1.29, 1.82) is 0 Å². The zero-order chi connectivity index (χ0) is 30.5. The lowest BCUT2D eigenvalue weighted by atomic mass is 9.98. The number of rotatable bonds is 6. The highest BCUT2D eigenvalue weighted by Gasteiger charge is 2.32. The zero-order valence-corrected chi connectivity index (χ0v) is 24.7. The Hall–Kier alpha value is -5.95. The Morgan fingerprint density at radius 1 is 0.652 bits per heavy atom. The molecule has 7 nitrogen and oxygen atoms in total. The predicted octanol–water partition coefficient (Wildman–Crippen LogP) is 9.19. The Labute approximate surface area is 265 Å². The molecule has 2 aromatic heterocycles. The number of aromatic nitrogens is 2. The summed E-state index contributed by atoms with van der Waals surface area (Å²) in [6.07, 6.45) is 15.6. The molecule has 0 fully saturated rings. The molecule has 3 atom stereocenters. The number of nitrogens with zero attached hydrogens (tertiary/aromatic N) is 4. The summed E-state index contributed by atoms with van der Waals surface area (Å²) in [5.41, 5.74) is 7.99. The number of aliphatic imine (C=N–C) groups is 1. The standard InChI is InChI=1S/C39H28N4O3/c1-2-8-25(9-3-1)37-42-33-23-22-30(24-36(33)46-37)43(28-18-14-26(15-19-28)38-40-31-10-4-6-12-34(31)44-38)29-20-16-27(17-21-29)39-41-32-11-5-7-13-35(32)45-39/h1-16,18-24,27,32,35H,17H2. The normalized spacial score (nSPS) is 20.0. The van der Waals surface area contributed by atoms with E-state index in [9.17, 15) is 0 Å². The van der Waals surface area contributed by atoms with Crippen molar-refractivity contribution < 1.29 is 13.6 Å². The Morgan fingerprint density at radius 3 is 2.15 bits per heavy atom. The summed E-state index contributed by atoms with van der Waals surface area (Å²) in [6, 6.07) is 32.3. The van der Waals surface area contributed by atoms with Gasteiger partial charge in [-0.2, -0.15) is 0 Å². The maximum Gasteiger partial charge on any atom is 0.227 e. The van der Waals surface area contributed by atoms with E-state index in [4.69, 9.17) is 23.5 Å². The van der Waals surface area contributed by atoms with Gasteiger partial charge in [-0.15, -0.1) is 0 Å². The van der Waals surface area contributed by atoms with Crippen molar-refractivity contribution in [1.82, 2.24) is 9.97 Å². The number of anilines is 2.